The highest BCUT2D eigenvalue weighted by atomic mass is 16.6. The van der Waals surface area contributed by atoms with Gasteiger partial charge in [-0.1, -0.05) is 27.7 Å². The Morgan fingerprint density at radius 1 is 1.05 bits per heavy atom. The van der Waals surface area contributed by atoms with Crippen molar-refractivity contribution in [1.82, 2.24) is 4.90 Å². The molecule has 0 spiro atoms. The van der Waals surface area contributed by atoms with Gasteiger partial charge in [0, 0.05) is 18.5 Å². The molecule has 0 N–H and O–H groups in total. The van der Waals surface area contributed by atoms with Crippen molar-refractivity contribution in [2.75, 3.05) is 13.1 Å². The van der Waals surface area contributed by atoms with E-state index in [4.69, 9.17) is 4.74 Å². The van der Waals surface area contributed by atoms with E-state index in [1.807, 2.05) is 34.6 Å². The van der Waals surface area contributed by atoms with Gasteiger partial charge in [-0.2, -0.15) is 0 Å². The second kappa shape index (κ2) is 5.36. The largest absolute Gasteiger partial charge is 0.392 e. The van der Waals surface area contributed by atoms with Crippen LogP contribution >= 0.6 is 0 Å². The van der Waals surface area contributed by atoms with E-state index in [0.29, 0.717) is 25.9 Å². The van der Waals surface area contributed by atoms with Gasteiger partial charge >= 0.3 is 11.9 Å². The third-order valence-corrected chi connectivity index (χ3v) is 6.07. The molecule has 1 saturated heterocycles. The van der Waals surface area contributed by atoms with E-state index in [2.05, 4.69) is 0 Å². The molecule has 0 aromatic heterocycles. The van der Waals surface area contributed by atoms with Crippen LogP contribution in [0.4, 0.5) is 0 Å². The highest BCUT2D eigenvalue weighted by Gasteiger charge is 2.75. The Hall–Kier alpha value is -1.39. The molecule has 5 heteroatoms. The average molecular weight is 309 g/mol. The maximum atomic E-state index is 13.2. The van der Waals surface area contributed by atoms with E-state index in [1.165, 1.54) is 0 Å². The van der Waals surface area contributed by atoms with Gasteiger partial charge in [0.15, 0.2) is 5.41 Å². The summed E-state index contributed by atoms with van der Waals surface area (Å²) in [5.41, 5.74) is -2.73. The highest BCUT2D eigenvalue weighted by molar-refractivity contribution is 6.11. The minimum atomic E-state index is -1.22. The van der Waals surface area contributed by atoms with Crippen LogP contribution in [0.1, 0.15) is 60.3 Å². The number of hydrogen-bond acceptors (Lipinski definition) is 4. The van der Waals surface area contributed by atoms with E-state index in [-0.39, 0.29) is 5.91 Å². The summed E-state index contributed by atoms with van der Waals surface area (Å²) in [4.78, 5) is 39.8. The van der Waals surface area contributed by atoms with Gasteiger partial charge in [0.2, 0.25) is 5.91 Å². The number of nitrogens with zero attached hydrogens (tertiary/aromatic N) is 1. The standard InChI is InChI=1S/C17H27NO4/c1-6-10-18(11-7-2)12(19)17-9-8-16(5,15(17,3)4)13(20)22-14(17)21/h6-11H2,1-5H3. The predicted octanol–water partition coefficient (Wildman–Crippen LogP) is 2.53. The maximum absolute atomic E-state index is 13.2. The molecule has 0 radical (unpaired) electrons. The van der Waals surface area contributed by atoms with Crippen molar-refractivity contribution in [3.63, 3.8) is 0 Å². The van der Waals surface area contributed by atoms with Gasteiger partial charge in [0.05, 0.1) is 5.41 Å². The molecule has 2 aliphatic rings. The molecule has 22 heavy (non-hydrogen) atoms. The molecule has 2 fully saturated rings. The molecule has 1 aliphatic heterocycles. The van der Waals surface area contributed by atoms with Crippen LogP contribution in [0.3, 0.4) is 0 Å². The Balaban J connectivity index is 2.49. The van der Waals surface area contributed by atoms with E-state index in [9.17, 15) is 14.4 Å². The summed E-state index contributed by atoms with van der Waals surface area (Å²) >= 11 is 0. The van der Waals surface area contributed by atoms with Gasteiger partial charge < -0.3 is 9.64 Å². The van der Waals surface area contributed by atoms with E-state index in [1.54, 1.807) is 4.90 Å². The number of amides is 1. The van der Waals surface area contributed by atoms with Crippen molar-refractivity contribution in [2.45, 2.75) is 60.3 Å². The van der Waals surface area contributed by atoms with Crippen molar-refractivity contribution < 1.29 is 19.1 Å². The molecule has 5 nitrogen and oxygen atoms in total. The minimum Gasteiger partial charge on any atom is -0.392 e. The Bertz CT molecular complexity index is 507. The third kappa shape index (κ3) is 1.87. The summed E-state index contributed by atoms with van der Waals surface area (Å²) in [6.07, 6.45) is 2.59. The van der Waals surface area contributed by atoms with Crippen LogP contribution in [0.25, 0.3) is 0 Å². The van der Waals surface area contributed by atoms with Gasteiger partial charge in [-0.25, -0.2) is 0 Å². The topological polar surface area (TPSA) is 63.7 Å². The third-order valence-electron chi connectivity index (χ3n) is 6.07. The van der Waals surface area contributed by atoms with Crippen molar-refractivity contribution in [2.24, 2.45) is 16.2 Å². The lowest BCUT2D eigenvalue weighted by Gasteiger charge is -2.49. The summed E-state index contributed by atoms with van der Waals surface area (Å²) in [6, 6.07) is 0. The number of rotatable bonds is 5. The number of carbonyl (C=O) groups is 3. The van der Waals surface area contributed by atoms with Crippen molar-refractivity contribution in [1.29, 1.82) is 0 Å². The first-order valence-electron chi connectivity index (χ1n) is 8.25. The molecule has 1 amide bonds. The second-order valence-electron chi connectivity index (χ2n) is 7.33. The Morgan fingerprint density at radius 3 is 2.09 bits per heavy atom. The second-order valence-corrected chi connectivity index (χ2v) is 7.33. The Labute approximate surface area is 132 Å². The molecule has 1 heterocycles. The zero-order chi connectivity index (χ0) is 16.8. The highest BCUT2D eigenvalue weighted by Crippen LogP contribution is 2.66. The molecular formula is C17H27NO4. The first kappa shape index (κ1) is 17.0. The fraction of sp³-hybridized carbons (Fsp3) is 0.824. The van der Waals surface area contributed by atoms with Crippen LogP contribution in [0.2, 0.25) is 0 Å². The predicted molar refractivity (Wildman–Crippen MR) is 81.8 cm³/mol. The monoisotopic (exact) mass is 309 g/mol. The van der Waals surface area contributed by atoms with Crippen LogP contribution < -0.4 is 0 Å². The van der Waals surface area contributed by atoms with Gasteiger partial charge in [-0.3, -0.25) is 14.4 Å². The van der Waals surface area contributed by atoms with Crippen LogP contribution in [0.5, 0.6) is 0 Å². The van der Waals surface area contributed by atoms with Crippen LogP contribution in [0.15, 0.2) is 0 Å². The Kier molecular flexibility index (Phi) is 4.13. The fourth-order valence-electron chi connectivity index (χ4n) is 4.12. The molecule has 0 aromatic rings. The molecule has 2 unspecified atom stereocenters. The first-order valence-corrected chi connectivity index (χ1v) is 8.25. The molecular weight excluding hydrogens is 282 g/mol. The molecule has 1 aliphatic carbocycles. The van der Waals surface area contributed by atoms with Crippen LogP contribution in [-0.4, -0.2) is 35.8 Å². The molecule has 1 saturated carbocycles. The van der Waals surface area contributed by atoms with Gasteiger partial charge in [0.1, 0.15) is 0 Å². The summed E-state index contributed by atoms with van der Waals surface area (Å²) in [5.74, 6) is -1.30. The molecule has 2 rings (SSSR count). The number of ether oxygens (including phenoxy) is 1. The first-order chi connectivity index (χ1) is 10.2. The number of fused-ring (bicyclic) bond motifs is 2. The maximum Gasteiger partial charge on any atom is 0.329 e. The summed E-state index contributed by atoms with van der Waals surface area (Å²) in [7, 11) is 0. The molecule has 0 aromatic carbocycles. The lowest BCUT2D eigenvalue weighted by Crippen LogP contribution is -2.62. The molecule has 2 bridgehead atoms. The lowest BCUT2D eigenvalue weighted by atomic mass is 9.56. The van der Waals surface area contributed by atoms with Crippen LogP contribution in [-0.2, 0) is 19.1 Å². The van der Waals surface area contributed by atoms with Gasteiger partial charge in [-0.05, 0) is 32.6 Å². The van der Waals surface area contributed by atoms with E-state index < -0.39 is 28.2 Å². The summed E-state index contributed by atoms with van der Waals surface area (Å²) < 4.78 is 5.02. The molecule has 2 atom stereocenters. The van der Waals surface area contributed by atoms with Gasteiger partial charge in [-0.15, -0.1) is 0 Å². The quantitative estimate of drug-likeness (QED) is 0.578. The number of carbonyl (C=O) groups excluding carboxylic acids is 3. The van der Waals surface area contributed by atoms with Crippen LogP contribution in [0, 0.1) is 16.2 Å². The van der Waals surface area contributed by atoms with Crippen molar-refractivity contribution in [3.8, 4) is 0 Å². The number of esters is 2. The SMILES string of the molecule is CCCN(CCC)C(=O)C12CCC(C)(C(=O)OC1=O)C2(C)C. The van der Waals surface area contributed by atoms with Crippen molar-refractivity contribution in [3.05, 3.63) is 0 Å². The van der Waals surface area contributed by atoms with E-state index >= 15 is 0 Å². The fourth-order valence-corrected chi connectivity index (χ4v) is 4.12. The van der Waals surface area contributed by atoms with Crippen molar-refractivity contribution >= 4 is 17.8 Å². The average Bonchev–Trinajstić information content (AvgIpc) is 2.59. The minimum absolute atomic E-state index is 0.164. The zero-order valence-corrected chi connectivity index (χ0v) is 14.3. The normalized spacial score (nSPS) is 32.8. The Morgan fingerprint density at radius 2 is 1.59 bits per heavy atom. The molecule has 124 valence electrons. The summed E-state index contributed by atoms with van der Waals surface area (Å²) in [6.45, 7) is 10.8. The number of cyclic esters (lactones) is 2. The summed E-state index contributed by atoms with van der Waals surface area (Å²) in [5, 5.41) is 0. The zero-order valence-electron chi connectivity index (χ0n) is 14.3. The lowest BCUT2D eigenvalue weighted by molar-refractivity contribution is -0.199. The van der Waals surface area contributed by atoms with E-state index in [0.717, 1.165) is 12.8 Å². The van der Waals surface area contributed by atoms with Gasteiger partial charge in [0.25, 0.3) is 0 Å². The smallest absolute Gasteiger partial charge is 0.329 e. The number of hydrogen-bond donors (Lipinski definition) is 0.